The van der Waals surface area contributed by atoms with E-state index < -0.39 is 5.79 Å². The van der Waals surface area contributed by atoms with Crippen molar-refractivity contribution in [3.63, 3.8) is 0 Å². The summed E-state index contributed by atoms with van der Waals surface area (Å²) in [6.07, 6.45) is 2.28. The summed E-state index contributed by atoms with van der Waals surface area (Å²) in [7, 11) is 1.74. The van der Waals surface area contributed by atoms with Gasteiger partial charge in [-0.1, -0.05) is 0 Å². The zero-order chi connectivity index (χ0) is 14.0. The van der Waals surface area contributed by atoms with Crippen LogP contribution in [0.25, 0.3) is 0 Å². The molecule has 2 aliphatic rings. The van der Waals surface area contributed by atoms with E-state index in [9.17, 15) is 0 Å². The molecule has 0 bridgehead atoms. The van der Waals surface area contributed by atoms with Crippen molar-refractivity contribution >= 4 is 5.71 Å². The Hall–Kier alpha value is -0.650. The van der Waals surface area contributed by atoms with E-state index in [1.54, 1.807) is 7.11 Å². The molecule has 2 aliphatic heterocycles. The molecule has 19 heavy (non-hydrogen) atoms. The Morgan fingerprint density at radius 3 is 2.53 bits per heavy atom. The Morgan fingerprint density at radius 2 is 1.95 bits per heavy atom. The summed E-state index contributed by atoms with van der Waals surface area (Å²) >= 11 is 0. The van der Waals surface area contributed by atoms with E-state index in [1.165, 1.54) is 6.42 Å². The topological polar surface area (TPSA) is 43.3 Å². The van der Waals surface area contributed by atoms with Gasteiger partial charge in [0.2, 0.25) is 0 Å². The molecule has 0 aromatic rings. The minimum Gasteiger partial charge on any atom is -0.382 e. The van der Waals surface area contributed by atoms with E-state index in [0.29, 0.717) is 6.04 Å². The molecule has 110 valence electrons. The molecule has 2 fully saturated rings. The van der Waals surface area contributed by atoms with Crippen LogP contribution >= 0.6 is 0 Å². The normalized spacial score (nSPS) is 34.7. The molecule has 0 saturated carbocycles. The second kappa shape index (κ2) is 5.77. The third-order valence-electron chi connectivity index (χ3n) is 3.70. The maximum absolute atomic E-state index is 5.85. The van der Waals surface area contributed by atoms with Gasteiger partial charge in [0, 0.05) is 13.7 Å². The first-order valence-corrected chi connectivity index (χ1v) is 7.12. The van der Waals surface area contributed by atoms with Gasteiger partial charge in [-0.2, -0.15) is 5.10 Å². The second-order valence-electron chi connectivity index (χ2n) is 5.86. The molecule has 0 radical (unpaired) electrons. The average molecular weight is 270 g/mol. The minimum absolute atomic E-state index is 0.0115. The second-order valence-corrected chi connectivity index (χ2v) is 5.86. The zero-order valence-corrected chi connectivity index (χ0v) is 12.7. The van der Waals surface area contributed by atoms with Crippen molar-refractivity contribution in [2.24, 2.45) is 5.10 Å². The van der Waals surface area contributed by atoms with Gasteiger partial charge >= 0.3 is 0 Å². The molecule has 5 nitrogen and oxygen atoms in total. The molecule has 2 heterocycles. The summed E-state index contributed by atoms with van der Waals surface area (Å²) < 4.78 is 17.0. The molecule has 0 aliphatic carbocycles. The molecule has 3 atom stereocenters. The molecule has 0 aromatic carbocycles. The van der Waals surface area contributed by atoms with Crippen LogP contribution < -0.4 is 0 Å². The lowest BCUT2D eigenvalue weighted by Crippen LogP contribution is -2.50. The van der Waals surface area contributed by atoms with E-state index in [4.69, 9.17) is 19.3 Å². The number of rotatable bonds is 3. The van der Waals surface area contributed by atoms with E-state index >= 15 is 0 Å². The van der Waals surface area contributed by atoms with Crippen molar-refractivity contribution in [3.8, 4) is 0 Å². The molecule has 0 amide bonds. The first kappa shape index (κ1) is 14.8. The molecule has 0 spiro atoms. The SMILES string of the molecule is COC[C@H]1CCCN1N=C1[C@@H](C)OC(C)(C)O[C@@H]1C. The van der Waals surface area contributed by atoms with E-state index in [1.807, 2.05) is 27.7 Å². The number of nitrogens with zero attached hydrogens (tertiary/aromatic N) is 2. The lowest BCUT2D eigenvalue weighted by atomic mass is 10.1. The number of hydrogen-bond donors (Lipinski definition) is 0. The molecule has 2 rings (SSSR count). The van der Waals surface area contributed by atoms with Gasteiger partial charge in [-0.15, -0.1) is 0 Å². The van der Waals surface area contributed by atoms with Crippen LogP contribution in [0, 0.1) is 0 Å². The van der Waals surface area contributed by atoms with Crippen molar-refractivity contribution in [3.05, 3.63) is 0 Å². The van der Waals surface area contributed by atoms with Crippen molar-refractivity contribution in [2.75, 3.05) is 20.3 Å². The lowest BCUT2D eigenvalue weighted by Gasteiger charge is -2.40. The first-order chi connectivity index (χ1) is 8.93. The van der Waals surface area contributed by atoms with Gasteiger partial charge < -0.3 is 14.2 Å². The summed E-state index contributed by atoms with van der Waals surface area (Å²) in [6.45, 7) is 9.69. The van der Waals surface area contributed by atoms with Crippen LogP contribution in [-0.4, -0.2) is 55.0 Å². The standard InChI is InChI=1S/C14H26N2O3/c1-10-13(11(2)19-14(3,4)18-10)15-16-8-6-7-12(16)9-17-5/h10-12H,6-9H2,1-5H3/t10-,11-,12-/m1/s1. The molecule has 0 unspecified atom stereocenters. The van der Waals surface area contributed by atoms with Crippen molar-refractivity contribution < 1.29 is 14.2 Å². The van der Waals surface area contributed by atoms with Crippen molar-refractivity contribution in [1.29, 1.82) is 0 Å². The summed E-state index contributed by atoms with van der Waals surface area (Å²) in [5.74, 6) is -0.533. The molecular formula is C14H26N2O3. The fraction of sp³-hybridized carbons (Fsp3) is 0.929. The van der Waals surface area contributed by atoms with Crippen molar-refractivity contribution in [1.82, 2.24) is 5.01 Å². The minimum atomic E-state index is -0.533. The number of methoxy groups -OCH3 is 1. The molecule has 0 aromatic heterocycles. The number of hydrogen-bond acceptors (Lipinski definition) is 5. The van der Waals surface area contributed by atoms with Gasteiger partial charge in [0.1, 0.15) is 12.2 Å². The van der Waals surface area contributed by atoms with Gasteiger partial charge in [0.05, 0.1) is 18.4 Å². The van der Waals surface area contributed by atoms with Crippen LogP contribution in [0.5, 0.6) is 0 Å². The summed E-state index contributed by atoms with van der Waals surface area (Å²) in [6, 6.07) is 0.381. The first-order valence-electron chi connectivity index (χ1n) is 7.12. The Bertz CT molecular complexity index is 328. The van der Waals surface area contributed by atoms with E-state index in [2.05, 4.69) is 5.01 Å². The highest BCUT2D eigenvalue weighted by Crippen LogP contribution is 2.26. The maximum atomic E-state index is 5.85. The Balaban J connectivity index is 2.09. The average Bonchev–Trinajstić information content (AvgIpc) is 2.70. The molecule has 5 heteroatoms. The molecular weight excluding hydrogens is 244 g/mol. The third kappa shape index (κ3) is 3.46. The molecule has 2 saturated heterocycles. The van der Waals surface area contributed by atoms with E-state index in [-0.39, 0.29) is 12.2 Å². The fourth-order valence-corrected chi connectivity index (χ4v) is 2.96. The van der Waals surface area contributed by atoms with Gasteiger partial charge in [-0.25, -0.2) is 0 Å². The highest BCUT2D eigenvalue weighted by Gasteiger charge is 2.37. The fourth-order valence-electron chi connectivity index (χ4n) is 2.96. The Kier molecular flexibility index (Phi) is 4.48. The largest absolute Gasteiger partial charge is 0.382 e. The zero-order valence-electron chi connectivity index (χ0n) is 12.7. The van der Waals surface area contributed by atoms with Gasteiger partial charge in [-0.3, -0.25) is 5.01 Å². The van der Waals surface area contributed by atoms with Crippen LogP contribution in [0.1, 0.15) is 40.5 Å². The smallest absolute Gasteiger partial charge is 0.164 e. The van der Waals surface area contributed by atoms with Crippen LogP contribution in [-0.2, 0) is 14.2 Å². The monoisotopic (exact) mass is 270 g/mol. The van der Waals surface area contributed by atoms with Gasteiger partial charge in [0.15, 0.2) is 5.79 Å². The number of hydrazone groups is 1. The lowest BCUT2D eigenvalue weighted by molar-refractivity contribution is -0.250. The highest BCUT2D eigenvalue weighted by molar-refractivity contribution is 5.92. The van der Waals surface area contributed by atoms with Crippen LogP contribution in [0.3, 0.4) is 0 Å². The summed E-state index contributed by atoms with van der Waals surface area (Å²) in [5.41, 5.74) is 0.974. The van der Waals surface area contributed by atoms with Gasteiger partial charge in [0.25, 0.3) is 0 Å². The van der Waals surface area contributed by atoms with Crippen LogP contribution in [0.15, 0.2) is 5.10 Å². The predicted molar refractivity (Wildman–Crippen MR) is 74.2 cm³/mol. The summed E-state index contributed by atoms with van der Waals surface area (Å²) in [4.78, 5) is 0. The predicted octanol–water partition coefficient (Wildman–Crippen LogP) is 2.01. The maximum Gasteiger partial charge on any atom is 0.164 e. The summed E-state index contributed by atoms with van der Waals surface area (Å²) in [5, 5.41) is 6.92. The Labute approximate surface area is 115 Å². The highest BCUT2D eigenvalue weighted by atomic mass is 16.7. The quantitative estimate of drug-likeness (QED) is 0.787. The van der Waals surface area contributed by atoms with Crippen LogP contribution in [0.4, 0.5) is 0 Å². The van der Waals surface area contributed by atoms with Crippen molar-refractivity contribution in [2.45, 2.75) is 64.6 Å². The third-order valence-corrected chi connectivity index (χ3v) is 3.70. The Morgan fingerprint density at radius 1 is 1.32 bits per heavy atom. The van der Waals surface area contributed by atoms with E-state index in [0.717, 1.165) is 25.3 Å². The van der Waals surface area contributed by atoms with Crippen LogP contribution in [0.2, 0.25) is 0 Å². The molecule has 0 N–H and O–H groups in total. The number of ether oxygens (including phenoxy) is 3. The van der Waals surface area contributed by atoms with Gasteiger partial charge in [-0.05, 0) is 40.5 Å².